The second-order valence-electron chi connectivity index (χ2n) is 4.12. The fraction of sp³-hybridized carbons (Fsp3) is 0.429. The van der Waals surface area contributed by atoms with Gasteiger partial charge in [0.05, 0.1) is 7.11 Å². The molecule has 104 valence electrons. The Morgan fingerprint density at radius 1 is 1.37 bits per heavy atom. The molecule has 0 aliphatic carbocycles. The number of hydrogen-bond acceptors (Lipinski definition) is 3. The van der Waals surface area contributed by atoms with Gasteiger partial charge in [-0.3, -0.25) is 9.59 Å². The van der Waals surface area contributed by atoms with Gasteiger partial charge in [0, 0.05) is 11.0 Å². The average molecular weight is 328 g/mol. The molecule has 1 atom stereocenters. The van der Waals surface area contributed by atoms with Gasteiger partial charge in [0.2, 0.25) is 5.91 Å². The van der Waals surface area contributed by atoms with E-state index in [9.17, 15) is 9.59 Å². The van der Waals surface area contributed by atoms with Crippen molar-refractivity contribution in [3.05, 3.63) is 34.3 Å². The molecule has 1 aromatic rings. The van der Waals surface area contributed by atoms with Crippen molar-refractivity contribution < 1.29 is 14.3 Å². The lowest BCUT2D eigenvalue weighted by Gasteiger charge is -2.13. The van der Waals surface area contributed by atoms with E-state index in [0.717, 1.165) is 10.0 Å². The minimum absolute atomic E-state index is 0.276. The summed E-state index contributed by atoms with van der Waals surface area (Å²) in [5.41, 5.74) is 1.12. The largest absolute Gasteiger partial charge is 0.468 e. The van der Waals surface area contributed by atoms with Crippen LogP contribution < -0.4 is 5.32 Å². The summed E-state index contributed by atoms with van der Waals surface area (Å²) in [7, 11) is 1.29. The SMILES string of the molecule is CCC(C(=O)NCCc1ccccc1Br)C(=O)OC. The van der Waals surface area contributed by atoms with Gasteiger partial charge in [-0.15, -0.1) is 0 Å². The van der Waals surface area contributed by atoms with Crippen LogP contribution in [-0.4, -0.2) is 25.5 Å². The fourth-order valence-corrected chi connectivity index (χ4v) is 2.23. The molecule has 0 aromatic heterocycles. The Bertz CT molecular complexity index is 448. The highest BCUT2D eigenvalue weighted by Gasteiger charge is 2.24. The minimum atomic E-state index is -0.718. The van der Waals surface area contributed by atoms with Crippen molar-refractivity contribution in [2.45, 2.75) is 19.8 Å². The van der Waals surface area contributed by atoms with E-state index in [2.05, 4.69) is 26.0 Å². The summed E-state index contributed by atoms with van der Waals surface area (Å²) in [5.74, 6) is -1.48. The zero-order valence-electron chi connectivity index (χ0n) is 11.1. The molecule has 19 heavy (non-hydrogen) atoms. The number of amides is 1. The predicted octanol–water partition coefficient (Wildman–Crippen LogP) is 2.31. The van der Waals surface area contributed by atoms with Crippen molar-refractivity contribution >= 4 is 27.8 Å². The smallest absolute Gasteiger partial charge is 0.318 e. The number of rotatable bonds is 6. The predicted molar refractivity (Wildman–Crippen MR) is 76.7 cm³/mol. The van der Waals surface area contributed by atoms with Crippen molar-refractivity contribution in [3.63, 3.8) is 0 Å². The first-order valence-corrected chi connectivity index (χ1v) is 6.98. The number of ether oxygens (including phenoxy) is 1. The summed E-state index contributed by atoms with van der Waals surface area (Å²) in [6.45, 7) is 2.28. The van der Waals surface area contributed by atoms with E-state index in [1.54, 1.807) is 6.92 Å². The van der Waals surface area contributed by atoms with Gasteiger partial charge in [-0.2, -0.15) is 0 Å². The molecule has 0 saturated heterocycles. The van der Waals surface area contributed by atoms with E-state index in [0.29, 0.717) is 19.4 Å². The number of carbonyl (C=O) groups is 2. The summed E-state index contributed by atoms with van der Waals surface area (Å²) < 4.78 is 5.62. The molecule has 0 heterocycles. The number of esters is 1. The Hall–Kier alpha value is -1.36. The second-order valence-corrected chi connectivity index (χ2v) is 4.97. The second kappa shape index (κ2) is 7.94. The summed E-state index contributed by atoms with van der Waals surface area (Å²) in [5, 5.41) is 2.76. The van der Waals surface area contributed by atoms with Crippen LogP contribution in [0.15, 0.2) is 28.7 Å². The van der Waals surface area contributed by atoms with Crippen molar-refractivity contribution in [1.82, 2.24) is 5.32 Å². The topological polar surface area (TPSA) is 55.4 Å². The van der Waals surface area contributed by atoms with Gasteiger partial charge in [-0.1, -0.05) is 41.1 Å². The quantitative estimate of drug-likeness (QED) is 0.644. The normalized spacial score (nSPS) is 11.7. The first kappa shape index (κ1) is 15.7. The van der Waals surface area contributed by atoms with Crippen LogP contribution in [-0.2, 0) is 20.7 Å². The Morgan fingerprint density at radius 2 is 2.05 bits per heavy atom. The highest BCUT2D eigenvalue weighted by Crippen LogP contribution is 2.15. The lowest BCUT2D eigenvalue weighted by Crippen LogP contribution is -2.36. The molecule has 0 bridgehead atoms. The molecule has 1 N–H and O–H groups in total. The number of benzene rings is 1. The van der Waals surface area contributed by atoms with Crippen LogP contribution in [0, 0.1) is 5.92 Å². The molecule has 5 heteroatoms. The lowest BCUT2D eigenvalue weighted by atomic mass is 10.1. The van der Waals surface area contributed by atoms with Gasteiger partial charge in [0.1, 0.15) is 5.92 Å². The number of hydrogen-bond donors (Lipinski definition) is 1. The standard InChI is InChI=1S/C14H18BrNO3/c1-3-11(14(18)19-2)13(17)16-9-8-10-6-4-5-7-12(10)15/h4-7,11H,3,8-9H2,1-2H3,(H,16,17). The maximum absolute atomic E-state index is 11.8. The number of halogens is 1. The first-order valence-electron chi connectivity index (χ1n) is 6.19. The Morgan fingerprint density at radius 3 is 2.63 bits per heavy atom. The highest BCUT2D eigenvalue weighted by atomic mass is 79.9. The van der Waals surface area contributed by atoms with Crippen LogP contribution >= 0.6 is 15.9 Å². The zero-order chi connectivity index (χ0) is 14.3. The van der Waals surface area contributed by atoms with Crippen molar-refractivity contribution in [3.8, 4) is 0 Å². The molecule has 0 spiro atoms. The molecule has 0 aliphatic heterocycles. The third-order valence-electron chi connectivity index (χ3n) is 2.86. The van der Waals surface area contributed by atoms with Gasteiger partial charge >= 0.3 is 5.97 Å². The van der Waals surface area contributed by atoms with Gasteiger partial charge in [0.25, 0.3) is 0 Å². The third-order valence-corrected chi connectivity index (χ3v) is 3.64. The third kappa shape index (κ3) is 4.67. The lowest BCUT2D eigenvalue weighted by molar-refractivity contribution is -0.150. The summed E-state index contributed by atoms with van der Waals surface area (Å²) in [6.07, 6.45) is 1.15. The number of nitrogens with one attached hydrogen (secondary N) is 1. The van der Waals surface area contributed by atoms with Crippen LogP contribution in [0.1, 0.15) is 18.9 Å². The van der Waals surface area contributed by atoms with Crippen LogP contribution in [0.2, 0.25) is 0 Å². The summed E-state index contributed by atoms with van der Waals surface area (Å²) in [4.78, 5) is 23.2. The highest BCUT2D eigenvalue weighted by molar-refractivity contribution is 9.10. The van der Waals surface area contributed by atoms with E-state index in [1.807, 2.05) is 24.3 Å². The van der Waals surface area contributed by atoms with Gasteiger partial charge in [-0.25, -0.2) is 0 Å². The monoisotopic (exact) mass is 327 g/mol. The van der Waals surface area contributed by atoms with E-state index in [4.69, 9.17) is 0 Å². The van der Waals surface area contributed by atoms with E-state index < -0.39 is 11.9 Å². The molecule has 4 nitrogen and oxygen atoms in total. The number of methoxy groups -OCH3 is 1. The van der Waals surface area contributed by atoms with Gasteiger partial charge < -0.3 is 10.1 Å². The summed E-state index contributed by atoms with van der Waals surface area (Å²) >= 11 is 3.45. The Labute approximate surface area is 121 Å². The number of carbonyl (C=O) groups excluding carboxylic acids is 2. The average Bonchev–Trinajstić information content (AvgIpc) is 2.41. The van der Waals surface area contributed by atoms with Crippen molar-refractivity contribution in [2.75, 3.05) is 13.7 Å². The molecule has 0 saturated carbocycles. The molecular weight excluding hydrogens is 310 g/mol. The zero-order valence-corrected chi connectivity index (χ0v) is 12.7. The minimum Gasteiger partial charge on any atom is -0.468 e. The molecule has 0 fully saturated rings. The first-order chi connectivity index (χ1) is 9.10. The van der Waals surface area contributed by atoms with Crippen LogP contribution in [0.25, 0.3) is 0 Å². The summed E-state index contributed by atoms with van der Waals surface area (Å²) in [6, 6.07) is 7.84. The Kier molecular flexibility index (Phi) is 6.56. The molecule has 1 rings (SSSR count). The van der Waals surface area contributed by atoms with Gasteiger partial charge in [-0.05, 0) is 24.5 Å². The van der Waals surface area contributed by atoms with E-state index in [1.165, 1.54) is 7.11 Å². The molecule has 1 unspecified atom stereocenters. The molecule has 0 aliphatic rings. The van der Waals surface area contributed by atoms with Crippen molar-refractivity contribution in [2.24, 2.45) is 5.92 Å². The van der Waals surface area contributed by atoms with Crippen LogP contribution in [0.4, 0.5) is 0 Å². The van der Waals surface area contributed by atoms with E-state index >= 15 is 0 Å². The Balaban J connectivity index is 2.46. The van der Waals surface area contributed by atoms with Crippen molar-refractivity contribution in [1.29, 1.82) is 0 Å². The molecular formula is C14H18BrNO3. The van der Waals surface area contributed by atoms with Crippen LogP contribution in [0.5, 0.6) is 0 Å². The molecule has 1 amide bonds. The van der Waals surface area contributed by atoms with E-state index in [-0.39, 0.29) is 5.91 Å². The molecule has 1 aromatic carbocycles. The maximum Gasteiger partial charge on any atom is 0.318 e. The fourth-order valence-electron chi connectivity index (χ4n) is 1.75. The molecule has 0 radical (unpaired) electrons. The van der Waals surface area contributed by atoms with Crippen LogP contribution in [0.3, 0.4) is 0 Å². The van der Waals surface area contributed by atoms with Gasteiger partial charge in [0.15, 0.2) is 0 Å². The maximum atomic E-state index is 11.8.